The lowest BCUT2D eigenvalue weighted by atomic mass is 10.2. The Morgan fingerprint density at radius 2 is 2.06 bits per heavy atom. The summed E-state index contributed by atoms with van der Waals surface area (Å²) >= 11 is 5.02. The molecule has 0 fully saturated rings. The van der Waals surface area contributed by atoms with Crippen molar-refractivity contribution in [3.8, 4) is 0 Å². The Balaban J connectivity index is 2.22. The Morgan fingerprint density at radius 1 is 1.41 bits per heavy atom. The monoisotopic (exact) mass is 251 g/mol. The fourth-order valence-corrected chi connectivity index (χ4v) is 1.51. The molecule has 88 valence electrons. The van der Waals surface area contributed by atoms with Crippen molar-refractivity contribution in [2.24, 2.45) is 0 Å². The number of hydrogen-bond donors (Lipinski definition) is 1. The first-order valence-corrected chi connectivity index (χ1v) is 5.11. The molecule has 0 radical (unpaired) electrons. The molecule has 2 aromatic rings. The molecule has 0 saturated heterocycles. The first-order chi connectivity index (χ1) is 8.08. The minimum atomic E-state index is -0.440. The van der Waals surface area contributed by atoms with Gasteiger partial charge in [0.2, 0.25) is 4.77 Å². The van der Waals surface area contributed by atoms with Gasteiger partial charge in [0, 0.05) is 12.1 Å². The molecule has 7 nitrogen and oxygen atoms in total. The fraction of sp³-hybridized carbons (Fsp3) is 0.111. The molecule has 0 saturated carbocycles. The van der Waals surface area contributed by atoms with E-state index in [-0.39, 0.29) is 5.69 Å². The van der Waals surface area contributed by atoms with E-state index in [0.717, 1.165) is 5.56 Å². The van der Waals surface area contributed by atoms with E-state index >= 15 is 0 Å². The summed E-state index contributed by atoms with van der Waals surface area (Å²) in [6.45, 7) is 0.432. The van der Waals surface area contributed by atoms with E-state index in [9.17, 15) is 10.1 Å². The van der Waals surface area contributed by atoms with Gasteiger partial charge in [0.15, 0.2) is 0 Å². The Kier molecular flexibility index (Phi) is 2.88. The number of nitro groups is 1. The molecule has 0 aliphatic heterocycles. The molecular weight excluding hydrogens is 242 g/mol. The summed E-state index contributed by atoms with van der Waals surface area (Å²) in [6.07, 6.45) is 1.41. The lowest BCUT2D eigenvalue weighted by Crippen LogP contribution is -2.09. The third-order valence-electron chi connectivity index (χ3n) is 2.24. The second-order valence-electron chi connectivity index (χ2n) is 3.40. The van der Waals surface area contributed by atoms with Gasteiger partial charge in [-0.15, -0.1) is 0 Å². The van der Waals surface area contributed by atoms with Crippen LogP contribution in [-0.4, -0.2) is 19.4 Å². The van der Waals surface area contributed by atoms with Gasteiger partial charge in [-0.05, 0) is 17.8 Å². The van der Waals surface area contributed by atoms with E-state index in [1.165, 1.54) is 27.8 Å². The van der Waals surface area contributed by atoms with E-state index in [0.29, 0.717) is 11.3 Å². The highest BCUT2D eigenvalue weighted by molar-refractivity contribution is 7.71. The van der Waals surface area contributed by atoms with Gasteiger partial charge in [-0.1, -0.05) is 12.1 Å². The van der Waals surface area contributed by atoms with Gasteiger partial charge in [-0.3, -0.25) is 10.1 Å². The molecule has 0 atom stereocenters. The molecule has 0 bridgehead atoms. The largest absolute Gasteiger partial charge is 0.336 e. The zero-order valence-electron chi connectivity index (χ0n) is 8.68. The maximum absolute atomic E-state index is 10.5. The van der Waals surface area contributed by atoms with Crippen LogP contribution in [0.4, 0.5) is 5.69 Å². The van der Waals surface area contributed by atoms with E-state index in [2.05, 4.69) is 5.10 Å². The zero-order valence-corrected chi connectivity index (χ0v) is 9.50. The zero-order chi connectivity index (χ0) is 12.4. The molecule has 1 heterocycles. The molecule has 1 aromatic heterocycles. The van der Waals surface area contributed by atoms with Crippen molar-refractivity contribution in [2.75, 3.05) is 5.84 Å². The average molecular weight is 251 g/mol. The van der Waals surface area contributed by atoms with Crippen LogP contribution in [0.25, 0.3) is 0 Å². The standard InChI is InChI=1S/C9H9N5O2S/c10-12-6-11-13(9(12)17)5-7-1-3-8(4-2-7)14(15)16/h1-4,6H,5,10H2. The number of nitro benzene ring substituents is 1. The highest BCUT2D eigenvalue weighted by Gasteiger charge is 2.05. The SMILES string of the molecule is Nn1cnn(Cc2ccc([N+](=O)[O-])cc2)c1=S. The fourth-order valence-electron chi connectivity index (χ4n) is 1.35. The molecule has 1 aromatic carbocycles. The summed E-state index contributed by atoms with van der Waals surface area (Å²) in [6, 6.07) is 6.21. The van der Waals surface area contributed by atoms with Gasteiger partial charge >= 0.3 is 0 Å². The number of aromatic nitrogens is 3. The molecule has 0 unspecified atom stereocenters. The smallest absolute Gasteiger partial charge is 0.269 e. The molecule has 0 amide bonds. The van der Waals surface area contributed by atoms with Crippen molar-refractivity contribution in [1.29, 1.82) is 0 Å². The van der Waals surface area contributed by atoms with Gasteiger partial charge < -0.3 is 5.84 Å². The van der Waals surface area contributed by atoms with E-state index in [1.54, 1.807) is 12.1 Å². The van der Waals surface area contributed by atoms with Gasteiger partial charge in [-0.25, -0.2) is 9.36 Å². The summed E-state index contributed by atoms with van der Waals surface area (Å²) in [7, 11) is 0. The van der Waals surface area contributed by atoms with Crippen molar-refractivity contribution in [3.63, 3.8) is 0 Å². The topological polar surface area (TPSA) is 91.9 Å². The number of rotatable bonds is 3. The number of nitrogens with two attached hydrogens (primary N) is 1. The summed E-state index contributed by atoms with van der Waals surface area (Å²) in [5.74, 6) is 5.50. The first-order valence-electron chi connectivity index (χ1n) is 4.71. The summed E-state index contributed by atoms with van der Waals surface area (Å²) < 4.78 is 3.17. The number of nitrogen functional groups attached to an aromatic ring is 1. The average Bonchev–Trinajstić information content (AvgIpc) is 2.62. The molecule has 0 aliphatic carbocycles. The third-order valence-corrected chi connectivity index (χ3v) is 2.66. The predicted octanol–water partition coefficient (Wildman–Crippen LogP) is 1.08. The Bertz CT molecular complexity index is 601. The molecule has 17 heavy (non-hydrogen) atoms. The van der Waals surface area contributed by atoms with Gasteiger partial charge in [0.25, 0.3) is 5.69 Å². The summed E-state index contributed by atoms with van der Waals surface area (Å²) in [4.78, 5) is 10.0. The maximum atomic E-state index is 10.5. The predicted molar refractivity (Wildman–Crippen MR) is 63.4 cm³/mol. The summed E-state index contributed by atoms with van der Waals surface area (Å²) in [5, 5.41) is 14.5. The highest BCUT2D eigenvalue weighted by atomic mass is 32.1. The second kappa shape index (κ2) is 4.34. The molecule has 0 spiro atoms. The quantitative estimate of drug-likeness (QED) is 0.381. The Morgan fingerprint density at radius 3 is 2.53 bits per heavy atom. The lowest BCUT2D eigenvalue weighted by molar-refractivity contribution is -0.384. The number of nitrogens with zero attached hydrogens (tertiary/aromatic N) is 4. The van der Waals surface area contributed by atoms with Crippen LogP contribution in [-0.2, 0) is 6.54 Å². The number of hydrogen-bond acceptors (Lipinski definition) is 5. The van der Waals surface area contributed by atoms with Crippen LogP contribution >= 0.6 is 12.2 Å². The van der Waals surface area contributed by atoms with Crippen molar-refractivity contribution in [3.05, 3.63) is 51.0 Å². The van der Waals surface area contributed by atoms with Crippen LogP contribution in [0.1, 0.15) is 5.56 Å². The summed E-state index contributed by atoms with van der Waals surface area (Å²) in [5.41, 5.74) is 0.923. The van der Waals surface area contributed by atoms with Crippen molar-refractivity contribution >= 4 is 17.9 Å². The molecule has 8 heteroatoms. The van der Waals surface area contributed by atoms with Gasteiger partial charge in [-0.2, -0.15) is 5.10 Å². The third kappa shape index (κ3) is 2.31. The Labute approximate surface area is 101 Å². The van der Waals surface area contributed by atoms with E-state index in [1.807, 2.05) is 0 Å². The van der Waals surface area contributed by atoms with Gasteiger partial charge in [0.05, 0.1) is 11.5 Å². The molecule has 2 rings (SSSR count). The minimum Gasteiger partial charge on any atom is -0.336 e. The van der Waals surface area contributed by atoms with Crippen LogP contribution in [0, 0.1) is 14.9 Å². The van der Waals surface area contributed by atoms with E-state index < -0.39 is 4.92 Å². The minimum absolute atomic E-state index is 0.0571. The normalized spacial score (nSPS) is 10.4. The van der Waals surface area contributed by atoms with Crippen molar-refractivity contribution in [1.82, 2.24) is 14.5 Å². The molecular formula is C9H9N5O2S. The van der Waals surface area contributed by atoms with Crippen LogP contribution in [0.5, 0.6) is 0 Å². The lowest BCUT2D eigenvalue weighted by Gasteiger charge is -2.00. The number of benzene rings is 1. The van der Waals surface area contributed by atoms with Crippen molar-refractivity contribution < 1.29 is 4.92 Å². The van der Waals surface area contributed by atoms with Crippen LogP contribution in [0.2, 0.25) is 0 Å². The maximum Gasteiger partial charge on any atom is 0.269 e. The first kappa shape index (κ1) is 11.3. The molecule has 2 N–H and O–H groups in total. The van der Waals surface area contributed by atoms with E-state index in [4.69, 9.17) is 18.1 Å². The molecule has 0 aliphatic rings. The second-order valence-corrected chi connectivity index (χ2v) is 3.77. The highest BCUT2D eigenvalue weighted by Crippen LogP contribution is 2.12. The van der Waals surface area contributed by atoms with Crippen LogP contribution in [0.15, 0.2) is 30.6 Å². The van der Waals surface area contributed by atoms with Crippen LogP contribution < -0.4 is 5.84 Å². The van der Waals surface area contributed by atoms with Crippen LogP contribution in [0.3, 0.4) is 0 Å². The number of non-ortho nitro benzene ring substituents is 1. The Hall–Kier alpha value is -2.22. The van der Waals surface area contributed by atoms with Crippen molar-refractivity contribution in [2.45, 2.75) is 6.54 Å². The van der Waals surface area contributed by atoms with Gasteiger partial charge in [0.1, 0.15) is 6.33 Å².